The van der Waals surface area contributed by atoms with Crippen LogP contribution in [0.5, 0.6) is 0 Å². The maximum Gasteiger partial charge on any atom is 0.0410 e. The van der Waals surface area contributed by atoms with E-state index in [9.17, 15) is 0 Å². The van der Waals surface area contributed by atoms with Crippen LogP contribution in [0.4, 0.5) is 0 Å². The molecule has 2 aliphatic heterocycles. The highest BCUT2D eigenvalue weighted by molar-refractivity contribution is 6.01. The normalized spacial score (nSPS) is 14.0. The zero-order valence-electron chi connectivity index (χ0n) is 13.6. The minimum atomic E-state index is 1.01. The van der Waals surface area contributed by atoms with Gasteiger partial charge in [-0.05, 0) is 82.6 Å². The summed E-state index contributed by atoms with van der Waals surface area (Å²) in [4.78, 5) is 4.84. The first-order valence-corrected chi connectivity index (χ1v) is 8.75. The Hall–Kier alpha value is -2.67. The van der Waals surface area contributed by atoms with Gasteiger partial charge in [0.15, 0.2) is 0 Å². The molecule has 1 aromatic heterocycles. The fourth-order valence-electron chi connectivity index (χ4n) is 3.92. The van der Waals surface area contributed by atoms with Crippen LogP contribution in [-0.2, 0) is 25.7 Å². The number of rotatable bonds is 0. The van der Waals surface area contributed by atoms with Crippen molar-refractivity contribution < 1.29 is 0 Å². The fraction of sp³-hybridized carbons (Fsp3) is 0.174. The van der Waals surface area contributed by atoms with E-state index in [1.54, 1.807) is 0 Å². The van der Waals surface area contributed by atoms with Gasteiger partial charge in [-0.15, -0.1) is 0 Å². The molecular formula is C23H19N. The molecule has 0 unspecified atom stereocenters. The second kappa shape index (κ2) is 5.45. The molecule has 0 N–H and O–H groups in total. The van der Waals surface area contributed by atoms with Crippen LogP contribution in [0.2, 0.25) is 0 Å². The Labute approximate surface area is 142 Å². The molecule has 116 valence electrons. The van der Waals surface area contributed by atoms with E-state index in [2.05, 4.69) is 66.7 Å². The minimum absolute atomic E-state index is 1.01. The van der Waals surface area contributed by atoms with Crippen molar-refractivity contribution in [3.05, 3.63) is 89.2 Å². The van der Waals surface area contributed by atoms with Crippen molar-refractivity contribution in [2.45, 2.75) is 25.7 Å². The van der Waals surface area contributed by atoms with Crippen molar-refractivity contribution in [3.63, 3.8) is 0 Å². The van der Waals surface area contributed by atoms with Gasteiger partial charge in [-0.1, -0.05) is 42.5 Å². The largest absolute Gasteiger partial charge is 0.258 e. The number of hydrogen-bond donors (Lipinski definition) is 0. The van der Waals surface area contributed by atoms with E-state index in [1.165, 1.54) is 44.1 Å². The summed E-state index contributed by atoms with van der Waals surface area (Å²) < 4.78 is 0. The predicted octanol–water partition coefficient (Wildman–Crippen LogP) is 5.27. The highest BCUT2D eigenvalue weighted by Crippen LogP contribution is 2.30. The third-order valence-corrected chi connectivity index (χ3v) is 5.23. The summed E-state index contributed by atoms with van der Waals surface area (Å²) in [5, 5.41) is 5.50. The first-order valence-electron chi connectivity index (χ1n) is 8.75. The summed E-state index contributed by atoms with van der Waals surface area (Å²) in [6, 6.07) is 24.6. The van der Waals surface area contributed by atoms with Gasteiger partial charge in [-0.25, -0.2) is 0 Å². The molecule has 0 amide bonds. The number of nitrogens with zero attached hydrogens (tertiary/aromatic N) is 1. The lowest BCUT2D eigenvalue weighted by atomic mass is 9.92. The molecule has 4 bridgehead atoms. The van der Waals surface area contributed by atoms with Crippen LogP contribution in [0.15, 0.2) is 66.7 Å². The molecule has 0 fully saturated rings. The lowest BCUT2D eigenvalue weighted by Crippen LogP contribution is -1.97. The Balaban J connectivity index is 1.77. The second-order valence-electron chi connectivity index (χ2n) is 6.75. The van der Waals surface area contributed by atoms with Gasteiger partial charge in [0.25, 0.3) is 0 Å². The Kier molecular flexibility index (Phi) is 3.12. The summed E-state index contributed by atoms with van der Waals surface area (Å²) in [5.74, 6) is 0. The SMILES string of the molecule is c1cc2nc(c1)CCc1ccc(c3cc4ccccc4cc13)CC2. The average molecular weight is 309 g/mol. The lowest BCUT2D eigenvalue weighted by Gasteiger charge is -2.12. The molecule has 3 heterocycles. The molecule has 0 atom stereocenters. The van der Waals surface area contributed by atoms with Gasteiger partial charge in [-0.3, -0.25) is 4.98 Å². The number of aromatic nitrogens is 1. The maximum absolute atomic E-state index is 4.84. The van der Waals surface area contributed by atoms with Crippen LogP contribution >= 0.6 is 0 Å². The van der Waals surface area contributed by atoms with Crippen molar-refractivity contribution in [1.82, 2.24) is 4.98 Å². The number of hydrogen-bond acceptors (Lipinski definition) is 1. The van der Waals surface area contributed by atoms with Crippen molar-refractivity contribution in [3.8, 4) is 0 Å². The lowest BCUT2D eigenvalue weighted by molar-refractivity contribution is 0.870. The Bertz CT molecular complexity index is 981. The third-order valence-electron chi connectivity index (χ3n) is 5.23. The van der Waals surface area contributed by atoms with Crippen LogP contribution in [-0.4, -0.2) is 4.98 Å². The van der Waals surface area contributed by atoms with Crippen LogP contribution in [0, 0.1) is 0 Å². The monoisotopic (exact) mass is 309 g/mol. The van der Waals surface area contributed by atoms with Crippen molar-refractivity contribution in [2.24, 2.45) is 0 Å². The topological polar surface area (TPSA) is 12.9 Å². The third kappa shape index (κ3) is 2.28. The molecule has 2 aliphatic rings. The van der Waals surface area contributed by atoms with Gasteiger partial charge in [0.05, 0.1) is 0 Å². The zero-order chi connectivity index (χ0) is 15.9. The van der Waals surface area contributed by atoms with Crippen LogP contribution in [0.3, 0.4) is 0 Å². The molecule has 1 heteroatoms. The predicted molar refractivity (Wildman–Crippen MR) is 101 cm³/mol. The second-order valence-corrected chi connectivity index (χ2v) is 6.75. The molecule has 24 heavy (non-hydrogen) atoms. The summed E-state index contributed by atoms with van der Waals surface area (Å²) in [6.45, 7) is 0. The van der Waals surface area contributed by atoms with Crippen LogP contribution < -0.4 is 0 Å². The summed E-state index contributed by atoms with van der Waals surface area (Å²) >= 11 is 0. The van der Waals surface area contributed by atoms with E-state index in [-0.39, 0.29) is 0 Å². The van der Waals surface area contributed by atoms with E-state index in [0.29, 0.717) is 0 Å². The van der Waals surface area contributed by atoms with Crippen LogP contribution in [0.1, 0.15) is 22.5 Å². The standard InChI is InChI=1S/C23H19N/c1-2-5-19-15-23-17-9-8-16(22(23)14-18(19)4-1)10-12-20-6-3-7-21(24-20)13-11-17/h1-9,14-15H,10-13H2. The van der Waals surface area contributed by atoms with Gasteiger partial charge in [0.1, 0.15) is 0 Å². The Morgan fingerprint density at radius 1 is 0.542 bits per heavy atom. The van der Waals surface area contributed by atoms with Crippen molar-refractivity contribution in [2.75, 3.05) is 0 Å². The molecule has 1 nitrogen and oxygen atoms in total. The van der Waals surface area contributed by atoms with Crippen molar-refractivity contribution >= 4 is 21.5 Å². The molecule has 0 radical (unpaired) electrons. The fourth-order valence-corrected chi connectivity index (χ4v) is 3.92. The molecule has 0 saturated heterocycles. The highest BCUT2D eigenvalue weighted by atomic mass is 14.7. The quantitative estimate of drug-likeness (QED) is 0.403. The van der Waals surface area contributed by atoms with Gasteiger partial charge in [-0.2, -0.15) is 0 Å². The van der Waals surface area contributed by atoms with E-state index in [4.69, 9.17) is 4.98 Å². The van der Waals surface area contributed by atoms with E-state index in [1.807, 2.05) is 0 Å². The van der Waals surface area contributed by atoms with E-state index >= 15 is 0 Å². The Morgan fingerprint density at radius 3 is 1.62 bits per heavy atom. The molecule has 0 saturated carbocycles. The molecule has 0 spiro atoms. The van der Waals surface area contributed by atoms with Crippen molar-refractivity contribution in [1.29, 1.82) is 0 Å². The first-order chi connectivity index (χ1) is 11.9. The summed E-state index contributed by atoms with van der Waals surface area (Å²) in [6.07, 6.45) is 4.11. The number of benzene rings is 3. The number of fused-ring (bicyclic) bond motifs is 4. The molecule has 4 aromatic rings. The highest BCUT2D eigenvalue weighted by Gasteiger charge is 2.11. The average Bonchev–Trinajstić information content (AvgIpc) is 2.67. The van der Waals surface area contributed by atoms with Crippen LogP contribution in [0.25, 0.3) is 21.5 Å². The zero-order valence-corrected chi connectivity index (χ0v) is 13.6. The summed E-state index contributed by atoms with van der Waals surface area (Å²) in [7, 11) is 0. The number of pyridine rings is 1. The summed E-state index contributed by atoms with van der Waals surface area (Å²) in [5.41, 5.74) is 5.30. The molecule has 0 aliphatic carbocycles. The van der Waals surface area contributed by atoms with Gasteiger partial charge in [0, 0.05) is 11.4 Å². The van der Waals surface area contributed by atoms with E-state index in [0.717, 1.165) is 25.7 Å². The molecular weight excluding hydrogens is 290 g/mol. The molecule has 6 rings (SSSR count). The van der Waals surface area contributed by atoms with E-state index < -0.39 is 0 Å². The smallest absolute Gasteiger partial charge is 0.0410 e. The van der Waals surface area contributed by atoms with Gasteiger partial charge in [0.2, 0.25) is 0 Å². The van der Waals surface area contributed by atoms with Gasteiger partial charge < -0.3 is 0 Å². The number of aryl methyl sites for hydroxylation is 4. The molecule has 3 aromatic carbocycles. The van der Waals surface area contributed by atoms with Gasteiger partial charge >= 0.3 is 0 Å². The maximum atomic E-state index is 4.84. The Morgan fingerprint density at radius 2 is 1.08 bits per heavy atom. The minimum Gasteiger partial charge on any atom is -0.258 e. The first kappa shape index (κ1) is 13.7.